The van der Waals surface area contributed by atoms with Crippen LogP contribution in [0, 0.1) is 18.7 Å². The van der Waals surface area contributed by atoms with Crippen LogP contribution in [0.4, 0.5) is 19.9 Å². The summed E-state index contributed by atoms with van der Waals surface area (Å²) in [4.78, 5) is 26.2. The number of benzene rings is 1. The molecule has 0 saturated carbocycles. The molecule has 25 heavy (non-hydrogen) atoms. The SMILES string of the molecule is Cc1ccc(NC(=O)C2CCN(C(=O)Nc3cccs3)CC2)cc1F. The number of urea groups is 1. The molecule has 1 saturated heterocycles. The van der Waals surface area contributed by atoms with Gasteiger partial charge in [-0.15, -0.1) is 11.3 Å². The number of amides is 3. The van der Waals surface area contributed by atoms with Crippen LogP contribution in [0.1, 0.15) is 18.4 Å². The van der Waals surface area contributed by atoms with Crippen LogP contribution in [0.25, 0.3) is 0 Å². The second-order valence-electron chi connectivity index (χ2n) is 6.12. The number of carbonyl (C=O) groups is 2. The second kappa shape index (κ2) is 7.65. The lowest BCUT2D eigenvalue weighted by molar-refractivity contribution is -0.121. The Balaban J connectivity index is 1.50. The van der Waals surface area contributed by atoms with Crippen molar-refractivity contribution in [1.82, 2.24) is 4.90 Å². The van der Waals surface area contributed by atoms with Crippen LogP contribution in [0.3, 0.4) is 0 Å². The third kappa shape index (κ3) is 4.36. The normalized spacial score (nSPS) is 15.0. The second-order valence-corrected chi connectivity index (χ2v) is 7.07. The van der Waals surface area contributed by atoms with Crippen LogP contribution < -0.4 is 10.6 Å². The van der Waals surface area contributed by atoms with E-state index in [2.05, 4.69) is 10.6 Å². The van der Waals surface area contributed by atoms with Gasteiger partial charge in [0.2, 0.25) is 5.91 Å². The number of hydrogen-bond acceptors (Lipinski definition) is 3. The van der Waals surface area contributed by atoms with Crippen LogP contribution in [-0.4, -0.2) is 29.9 Å². The highest BCUT2D eigenvalue weighted by molar-refractivity contribution is 7.14. The van der Waals surface area contributed by atoms with Gasteiger partial charge in [0.25, 0.3) is 0 Å². The van der Waals surface area contributed by atoms with Crippen molar-refractivity contribution in [2.24, 2.45) is 5.92 Å². The first kappa shape index (κ1) is 17.4. The van der Waals surface area contributed by atoms with Gasteiger partial charge in [0, 0.05) is 24.7 Å². The standard InChI is InChI=1S/C18H20FN3O2S/c1-12-4-5-14(11-15(12)19)20-17(23)13-6-8-22(9-7-13)18(24)21-16-3-2-10-25-16/h2-5,10-11,13H,6-9H2,1H3,(H,20,23)(H,21,24). The van der Waals surface area contributed by atoms with E-state index in [1.165, 1.54) is 17.4 Å². The van der Waals surface area contributed by atoms with Gasteiger partial charge in [-0.05, 0) is 55.0 Å². The summed E-state index contributed by atoms with van der Waals surface area (Å²) in [5, 5.41) is 8.33. The number of aryl methyl sites for hydroxylation is 1. The third-order valence-corrected chi connectivity index (χ3v) is 5.13. The molecule has 5 nitrogen and oxygen atoms in total. The summed E-state index contributed by atoms with van der Waals surface area (Å²) >= 11 is 1.47. The van der Waals surface area contributed by atoms with E-state index in [1.54, 1.807) is 24.0 Å². The first-order valence-corrected chi connectivity index (χ1v) is 9.07. The number of nitrogens with zero attached hydrogens (tertiary/aromatic N) is 1. The molecule has 1 fully saturated rings. The Morgan fingerprint density at radius 1 is 1.20 bits per heavy atom. The van der Waals surface area contributed by atoms with Crippen LogP contribution in [0.15, 0.2) is 35.7 Å². The van der Waals surface area contributed by atoms with Crippen molar-refractivity contribution >= 4 is 34.0 Å². The Morgan fingerprint density at radius 3 is 2.60 bits per heavy atom. The Morgan fingerprint density at radius 2 is 1.96 bits per heavy atom. The van der Waals surface area contributed by atoms with Crippen LogP contribution in [0.2, 0.25) is 0 Å². The van der Waals surface area contributed by atoms with Crippen molar-refractivity contribution in [2.75, 3.05) is 23.7 Å². The Bertz CT molecular complexity index is 756. The molecule has 2 aromatic rings. The average molecular weight is 361 g/mol. The molecule has 3 rings (SSSR count). The number of hydrogen-bond donors (Lipinski definition) is 2. The van der Waals surface area contributed by atoms with Crippen molar-refractivity contribution in [3.05, 3.63) is 47.1 Å². The molecule has 0 bridgehead atoms. The van der Waals surface area contributed by atoms with Gasteiger partial charge in [0.05, 0.1) is 5.00 Å². The summed E-state index contributed by atoms with van der Waals surface area (Å²) in [7, 11) is 0. The van der Waals surface area contributed by atoms with Gasteiger partial charge in [0.1, 0.15) is 5.82 Å². The van der Waals surface area contributed by atoms with E-state index < -0.39 is 0 Å². The molecule has 2 heterocycles. The molecule has 1 aromatic heterocycles. The zero-order valence-electron chi connectivity index (χ0n) is 13.9. The van der Waals surface area contributed by atoms with Gasteiger partial charge in [-0.25, -0.2) is 9.18 Å². The number of halogens is 1. The largest absolute Gasteiger partial charge is 0.326 e. The molecule has 0 radical (unpaired) electrons. The van der Waals surface area contributed by atoms with Gasteiger partial charge >= 0.3 is 6.03 Å². The fourth-order valence-electron chi connectivity index (χ4n) is 2.79. The van der Waals surface area contributed by atoms with E-state index >= 15 is 0 Å². The minimum Gasteiger partial charge on any atom is -0.326 e. The molecule has 2 N–H and O–H groups in total. The fourth-order valence-corrected chi connectivity index (χ4v) is 3.40. The molecular weight excluding hydrogens is 341 g/mol. The Labute approximate surface area is 149 Å². The maximum Gasteiger partial charge on any atom is 0.322 e. The summed E-state index contributed by atoms with van der Waals surface area (Å²) < 4.78 is 13.6. The maximum absolute atomic E-state index is 13.6. The summed E-state index contributed by atoms with van der Waals surface area (Å²) in [6.07, 6.45) is 1.19. The molecule has 0 unspecified atom stereocenters. The molecule has 0 atom stereocenters. The molecule has 0 aliphatic carbocycles. The fraction of sp³-hybridized carbons (Fsp3) is 0.333. The van der Waals surface area contributed by atoms with E-state index in [9.17, 15) is 14.0 Å². The highest BCUT2D eigenvalue weighted by Crippen LogP contribution is 2.22. The van der Waals surface area contributed by atoms with Crippen molar-refractivity contribution < 1.29 is 14.0 Å². The minimum atomic E-state index is -0.335. The summed E-state index contributed by atoms with van der Waals surface area (Å²) in [5.41, 5.74) is 1.01. The summed E-state index contributed by atoms with van der Waals surface area (Å²) in [6, 6.07) is 8.26. The average Bonchev–Trinajstić information content (AvgIpc) is 3.11. The predicted molar refractivity (Wildman–Crippen MR) is 97.4 cm³/mol. The number of rotatable bonds is 3. The number of nitrogens with one attached hydrogen (secondary N) is 2. The van der Waals surface area contributed by atoms with E-state index in [0.29, 0.717) is 37.2 Å². The van der Waals surface area contributed by atoms with Gasteiger partial charge in [-0.1, -0.05) is 6.07 Å². The van der Waals surface area contributed by atoms with Crippen LogP contribution in [0.5, 0.6) is 0 Å². The van der Waals surface area contributed by atoms with Crippen LogP contribution in [-0.2, 0) is 4.79 Å². The molecule has 3 amide bonds. The van der Waals surface area contributed by atoms with Crippen molar-refractivity contribution in [3.8, 4) is 0 Å². The van der Waals surface area contributed by atoms with Crippen molar-refractivity contribution in [2.45, 2.75) is 19.8 Å². The zero-order valence-corrected chi connectivity index (χ0v) is 14.7. The number of anilines is 2. The lowest BCUT2D eigenvalue weighted by Crippen LogP contribution is -2.43. The monoisotopic (exact) mass is 361 g/mol. The lowest BCUT2D eigenvalue weighted by atomic mass is 9.96. The first-order chi connectivity index (χ1) is 12.0. The van der Waals surface area contributed by atoms with Crippen molar-refractivity contribution in [3.63, 3.8) is 0 Å². The zero-order chi connectivity index (χ0) is 17.8. The van der Waals surface area contributed by atoms with E-state index in [0.717, 1.165) is 5.00 Å². The Hall–Kier alpha value is -2.41. The molecule has 1 aliphatic rings. The summed E-state index contributed by atoms with van der Waals surface area (Å²) in [6.45, 7) is 2.73. The summed E-state index contributed by atoms with van der Waals surface area (Å²) in [5.74, 6) is -0.630. The maximum atomic E-state index is 13.6. The lowest BCUT2D eigenvalue weighted by Gasteiger charge is -2.31. The number of thiophene rings is 1. The predicted octanol–water partition coefficient (Wildman–Crippen LogP) is 4.08. The smallest absolute Gasteiger partial charge is 0.322 e. The molecule has 132 valence electrons. The van der Waals surface area contributed by atoms with Gasteiger partial charge in [0.15, 0.2) is 0 Å². The molecule has 1 aliphatic heterocycles. The molecule has 0 spiro atoms. The number of piperidine rings is 1. The topological polar surface area (TPSA) is 61.4 Å². The van der Waals surface area contributed by atoms with Crippen LogP contribution >= 0.6 is 11.3 Å². The van der Waals surface area contributed by atoms with Gasteiger partial charge in [-0.3, -0.25) is 10.1 Å². The quantitative estimate of drug-likeness (QED) is 0.865. The minimum absolute atomic E-state index is 0.124. The van der Waals surface area contributed by atoms with Gasteiger partial charge < -0.3 is 10.2 Å². The highest BCUT2D eigenvalue weighted by Gasteiger charge is 2.27. The number of carbonyl (C=O) groups excluding carboxylic acids is 2. The molecule has 1 aromatic carbocycles. The van der Waals surface area contributed by atoms with Gasteiger partial charge in [-0.2, -0.15) is 0 Å². The van der Waals surface area contributed by atoms with E-state index in [4.69, 9.17) is 0 Å². The molecular formula is C18H20FN3O2S. The Kier molecular flexibility index (Phi) is 5.33. The first-order valence-electron chi connectivity index (χ1n) is 8.19. The van der Waals surface area contributed by atoms with E-state index in [1.807, 2.05) is 17.5 Å². The number of likely N-dealkylation sites (tertiary alicyclic amines) is 1. The van der Waals surface area contributed by atoms with E-state index in [-0.39, 0.29) is 23.7 Å². The highest BCUT2D eigenvalue weighted by atomic mass is 32.1. The third-order valence-electron chi connectivity index (χ3n) is 4.34. The van der Waals surface area contributed by atoms with Crippen molar-refractivity contribution in [1.29, 1.82) is 0 Å². The molecule has 7 heteroatoms.